The van der Waals surface area contributed by atoms with Crippen LogP contribution >= 0.6 is 15.9 Å². The molecule has 0 aromatic heterocycles. The van der Waals surface area contributed by atoms with Gasteiger partial charge in [-0.1, -0.05) is 41.9 Å². The molecule has 2 N–H and O–H groups in total. The number of carbonyl (C=O) groups is 1. The third-order valence-electron chi connectivity index (χ3n) is 4.25. The Hall–Kier alpha value is -1.90. The van der Waals surface area contributed by atoms with Crippen LogP contribution in [0.5, 0.6) is 0 Å². The molecule has 0 bridgehead atoms. The van der Waals surface area contributed by atoms with Crippen LogP contribution in [0.25, 0.3) is 0 Å². The van der Waals surface area contributed by atoms with Crippen molar-refractivity contribution in [2.24, 2.45) is 5.92 Å². The molecular formula is C20H26BrN3O3S. The van der Waals surface area contributed by atoms with Crippen molar-refractivity contribution in [2.45, 2.75) is 31.3 Å². The second-order valence-electron chi connectivity index (χ2n) is 7.08. The molecule has 2 aromatic carbocycles. The molecule has 28 heavy (non-hydrogen) atoms. The molecule has 0 spiro atoms. The highest BCUT2D eigenvalue weighted by molar-refractivity contribution is 9.10. The van der Waals surface area contributed by atoms with Gasteiger partial charge in [0, 0.05) is 30.8 Å². The number of carbonyl (C=O) groups excluding carboxylic acids is 1. The fourth-order valence-corrected chi connectivity index (χ4v) is 4.19. The van der Waals surface area contributed by atoms with E-state index in [2.05, 4.69) is 26.0 Å². The van der Waals surface area contributed by atoms with E-state index >= 15 is 0 Å². The third kappa shape index (κ3) is 6.05. The van der Waals surface area contributed by atoms with Crippen LogP contribution in [0.4, 0.5) is 5.69 Å². The summed E-state index contributed by atoms with van der Waals surface area (Å²) in [5.74, 6) is -0.565. The molecule has 0 saturated heterocycles. The molecule has 6 nitrogen and oxygen atoms in total. The first kappa shape index (κ1) is 22.4. The number of hydrogen-bond acceptors (Lipinski definition) is 4. The molecule has 2 aromatic rings. The van der Waals surface area contributed by atoms with Gasteiger partial charge in [-0.2, -0.15) is 4.72 Å². The standard InChI is InChI=1S/C20H26BrN3O3S/c1-14(2)19(23-28(26,27)18-10-8-16(21)9-11-18)20(25)22-13-15-6-5-7-17(12-15)24(3)4/h5-12,14,19,23H,13H2,1-4H3,(H,22,25)/t19-/m0/s1. The summed E-state index contributed by atoms with van der Waals surface area (Å²) in [7, 11) is 0.0901. The van der Waals surface area contributed by atoms with Gasteiger partial charge in [0.2, 0.25) is 15.9 Å². The summed E-state index contributed by atoms with van der Waals surface area (Å²) < 4.78 is 28.6. The summed E-state index contributed by atoms with van der Waals surface area (Å²) in [6.45, 7) is 3.94. The molecule has 152 valence electrons. The van der Waals surface area contributed by atoms with Crippen molar-refractivity contribution in [2.75, 3.05) is 19.0 Å². The highest BCUT2D eigenvalue weighted by Crippen LogP contribution is 2.17. The average Bonchev–Trinajstić information content (AvgIpc) is 2.64. The first-order valence-electron chi connectivity index (χ1n) is 8.92. The van der Waals surface area contributed by atoms with Crippen LogP contribution in [0.2, 0.25) is 0 Å². The first-order valence-corrected chi connectivity index (χ1v) is 11.2. The van der Waals surface area contributed by atoms with Crippen LogP contribution in [0.1, 0.15) is 19.4 Å². The van der Waals surface area contributed by atoms with Gasteiger partial charge in [-0.15, -0.1) is 0 Å². The van der Waals surface area contributed by atoms with Crippen molar-refractivity contribution in [3.8, 4) is 0 Å². The average molecular weight is 468 g/mol. The molecule has 1 amide bonds. The zero-order chi connectivity index (χ0) is 20.9. The van der Waals surface area contributed by atoms with Gasteiger partial charge in [0.15, 0.2) is 0 Å². The molecule has 0 aliphatic heterocycles. The Morgan fingerprint density at radius 2 is 1.75 bits per heavy atom. The minimum Gasteiger partial charge on any atom is -0.378 e. The number of sulfonamides is 1. The van der Waals surface area contributed by atoms with Gasteiger partial charge >= 0.3 is 0 Å². The van der Waals surface area contributed by atoms with E-state index in [4.69, 9.17) is 0 Å². The lowest BCUT2D eigenvalue weighted by atomic mass is 10.0. The second kappa shape index (κ2) is 9.54. The predicted octanol–water partition coefficient (Wildman–Crippen LogP) is 3.13. The number of nitrogens with one attached hydrogen (secondary N) is 2. The third-order valence-corrected chi connectivity index (χ3v) is 6.23. The summed E-state index contributed by atoms with van der Waals surface area (Å²) in [5, 5.41) is 2.84. The van der Waals surface area contributed by atoms with Gasteiger partial charge in [-0.3, -0.25) is 4.79 Å². The smallest absolute Gasteiger partial charge is 0.241 e. The number of amides is 1. The van der Waals surface area contributed by atoms with Crippen LogP contribution < -0.4 is 14.9 Å². The van der Waals surface area contributed by atoms with Crippen molar-refractivity contribution in [3.63, 3.8) is 0 Å². The second-order valence-corrected chi connectivity index (χ2v) is 9.71. The van der Waals surface area contributed by atoms with E-state index in [1.54, 1.807) is 26.0 Å². The van der Waals surface area contributed by atoms with Gasteiger partial charge in [0.1, 0.15) is 6.04 Å². The van der Waals surface area contributed by atoms with Crippen LogP contribution in [-0.2, 0) is 21.4 Å². The monoisotopic (exact) mass is 467 g/mol. The molecule has 1 atom stereocenters. The van der Waals surface area contributed by atoms with Crippen molar-refractivity contribution in [3.05, 3.63) is 58.6 Å². The van der Waals surface area contributed by atoms with Crippen molar-refractivity contribution in [1.82, 2.24) is 10.0 Å². The molecule has 0 saturated carbocycles. The fourth-order valence-electron chi connectivity index (χ4n) is 2.59. The molecule has 0 radical (unpaired) electrons. The Bertz CT molecular complexity index is 913. The van der Waals surface area contributed by atoms with Crippen LogP contribution in [0.15, 0.2) is 57.9 Å². The van der Waals surface area contributed by atoms with E-state index < -0.39 is 16.1 Å². The Kier molecular flexibility index (Phi) is 7.63. The van der Waals surface area contributed by atoms with E-state index in [0.29, 0.717) is 6.54 Å². The SMILES string of the molecule is CC(C)[C@H](NS(=O)(=O)c1ccc(Br)cc1)C(=O)NCc1cccc(N(C)C)c1. The van der Waals surface area contributed by atoms with Crippen molar-refractivity contribution >= 4 is 37.5 Å². The molecule has 8 heteroatoms. The van der Waals surface area contributed by atoms with Crippen LogP contribution in [-0.4, -0.2) is 34.5 Å². The van der Waals surface area contributed by atoms with Gasteiger partial charge < -0.3 is 10.2 Å². The van der Waals surface area contributed by atoms with Gasteiger partial charge in [-0.05, 0) is 47.9 Å². The maximum Gasteiger partial charge on any atom is 0.241 e. The summed E-state index contributed by atoms with van der Waals surface area (Å²) in [6.07, 6.45) is 0. The fraction of sp³-hybridized carbons (Fsp3) is 0.350. The van der Waals surface area contributed by atoms with Gasteiger partial charge in [0.25, 0.3) is 0 Å². The number of benzene rings is 2. The molecular weight excluding hydrogens is 442 g/mol. The first-order chi connectivity index (χ1) is 13.1. The predicted molar refractivity (Wildman–Crippen MR) is 116 cm³/mol. The number of halogens is 1. The quantitative estimate of drug-likeness (QED) is 0.624. The molecule has 0 fully saturated rings. The summed E-state index contributed by atoms with van der Waals surface area (Å²) in [6, 6.07) is 13.2. The van der Waals surface area contributed by atoms with Crippen molar-refractivity contribution < 1.29 is 13.2 Å². The zero-order valence-corrected chi connectivity index (χ0v) is 18.8. The Morgan fingerprint density at radius 1 is 1.11 bits per heavy atom. The van der Waals surface area contributed by atoms with Gasteiger partial charge in [0.05, 0.1) is 4.90 Å². The highest BCUT2D eigenvalue weighted by atomic mass is 79.9. The van der Waals surface area contributed by atoms with E-state index in [-0.39, 0.29) is 16.7 Å². The molecule has 0 heterocycles. The van der Waals surface area contributed by atoms with Gasteiger partial charge in [-0.25, -0.2) is 8.42 Å². The Labute approximate surface area is 175 Å². The number of hydrogen-bond donors (Lipinski definition) is 2. The Morgan fingerprint density at radius 3 is 2.32 bits per heavy atom. The topological polar surface area (TPSA) is 78.5 Å². The largest absolute Gasteiger partial charge is 0.378 e. The maximum absolute atomic E-state index is 12.7. The zero-order valence-electron chi connectivity index (χ0n) is 16.4. The normalized spacial score (nSPS) is 12.6. The van der Waals surface area contributed by atoms with E-state index in [9.17, 15) is 13.2 Å². The summed E-state index contributed by atoms with van der Waals surface area (Å²) in [4.78, 5) is 14.8. The lowest BCUT2D eigenvalue weighted by molar-refractivity contribution is -0.123. The van der Waals surface area contributed by atoms with E-state index in [1.165, 1.54) is 12.1 Å². The Balaban J connectivity index is 2.09. The van der Waals surface area contributed by atoms with Crippen molar-refractivity contribution in [1.29, 1.82) is 0 Å². The molecule has 0 aliphatic carbocycles. The highest BCUT2D eigenvalue weighted by Gasteiger charge is 2.28. The minimum atomic E-state index is -3.81. The molecule has 0 unspecified atom stereocenters. The number of rotatable bonds is 8. The maximum atomic E-state index is 12.7. The molecule has 2 rings (SSSR count). The van der Waals surface area contributed by atoms with Crippen LogP contribution in [0, 0.1) is 5.92 Å². The lowest BCUT2D eigenvalue weighted by Gasteiger charge is -2.22. The van der Waals surface area contributed by atoms with E-state index in [0.717, 1.165) is 15.7 Å². The minimum absolute atomic E-state index is 0.118. The summed E-state index contributed by atoms with van der Waals surface area (Å²) in [5.41, 5.74) is 1.97. The van der Waals surface area contributed by atoms with E-state index in [1.807, 2.05) is 43.3 Å². The number of nitrogens with zero attached hydrogens (tertiary/aromatic N) is 1. The molecule has 0 aliphatic rings. The number of anilines is 1. The lowest BCUT2D eigenvalue weighted by Crippen LogP contribution is -2.49. The van der Waals surface area contributed by atoms with Crippen LogP contribution in [0.3, 0.4) is 0 Å². The summed E-state index contributed by atoms with van der Waals surface area (Å²) >= 11 is 3.28.